The van der Waals surface area contributed by atoms with Crippen molar-refractivity contribution in [2.24, 2.45) is 0 Å². The lowest BCUT2D eigenvalue weighted by atomic mass is 10.1. The van der Waals surface area contributed by atoms with Crippen molar-refractivity contribution < 1.29 is 0 Å². The highest BCUT2D eigenvalue weighted by Crippen LogP contribution is 2.05. The first-order valence-corrected chi connectivity index (χ1v) is 6.97. The van der Waals surface area contributed by atoms with Crippen molar-refractivity contribution >= 4 is 0 Å². The van der Waals surface area contributed by atoms with Crippen LogP contribution in [0.5, 0.6) is 0 Å². The molecule has 0 fully saturated rings. The van der Waals surface area contributed by atoms with Crippen LogP contribution in [-0.2, 0) is 0 Å². The smallest absolute Gasteiger partial charge is 0.0255 e. The van der Waals surface area contributed by atoms with Crippen LogP contribution in [0.4, 0.5) is 0 Å². The molecule has 0 nitrogen and oxygen atoms in total. The van der Waals surface area contributed by atoms with Crippen LogP contribution >= 0.6 is 0 Å². The minimum absolute atomic E-state index is 0.982. The fourth-order valence-corrected chi connectivity index (χ4v) is 1.73. The fourth-order valence-electron chi connectivity index (χ4n) is 1.73. The Balaban J connectivity index is 2.10. The third kappa shape index (κ3) is 7.59. The molecule has 0 radical (unpaired) electrons. The number of benzene rings is 1. The van der Waals surface area contributed by atoms with Gasteiger partial charge in [0.1, 0.15) is 0 Å². The van der Waals surface area contributed by atoms with Crippen LogP contribution < -0.4 is 0 Å². The van der Waals surface area contributed by atoms with Crippen molar-refractivity contribution in [2.75, 3.05) is 0 Å². The lowest BCUT2D eigenvalue weighted by molar-refractivity contribution is 0.614. The number of hydrogen-bond donors (Lipinski definition) is 0. The van der Waals surface area contributed by atoms with E-state index < -0.39 is 0 Å². The molecule has 0 aromatic heterocycles. The molecule has 0 spiro atoms. The number of unbranched alkanes of at least 4 members (excludes halogenated alkanes) is 6. The summed E-state index contributed by atoms with van der Waals surface area (Å²) in [6.45, 7) is 2.25. The Morgan fingerprint density at radius 3 is 2.33 bits per heavy atom. The summed E-state index contributed by atoms with van der Waals surface area (Å²) < 4.78 is 0. The van der Waals surface area contributed by atoms with Gasteiger partial charge in [-0.3, -0.25) is 0 Å². The Kier molecular flexibility index (Phi) is 8.39. The van der Waals surface area contributed by atoms with Gasteiger partial charge in [0.25, 0.3) is 0 Å². The van der Waals surface area contributed by atoms with Gasteiger partial charge in [-0.05, 0) is 30.4 Å². The van der Waals surface area contributed by atoms with Crippen LogP contribution in [-0.4, -0.2) is 0 Å². The van der Waals surface area contributed by atoms with Crippen molar-refractivity contribution in [1.82, 2.24) is 0 Å². The maximum atomic E-state index is 3.12. The van der Waals surface area contributed by atoms with Crippen molar-refractivity contribution in [2.45, 2.75) is 51.9 Å². The highest BCUT2D eigenvalue weighted by Gasteiger charge is 1.87. The van der Waals surface area contributed by atoms with Crippen molar-refractivity contribution in [3.8, 4) is 23.7 Å². The Hall–Kier alpha value is -1.66. The fraction of sp³-hybridized carbons (Fsp3) is 0.444. The van der Waals surface area contributed by atoms with E-state index in [1.807, 2.05) is 30.3 Å². The van der Waals surface area contributed by atoms with E-state index in [0.717, 1.165) is 12.0 Å². The quantitative estimate of drug-likeness (QED) is 0.493. The third-order valence-corrected chi connectivity index (χ3v) is 2.79. The molecule has 0 saturated carbocycles. The van der Waals surface area contributed by atoms with Gasteiger partial charge < -0.3 is 0 Å². The second-order valence-corrected chi connectivity index (χ2v) is 4.44. The van der Waals surface area contributed by atoms with Crippen LogP contribution in [0.2, 0.25) is 0 Å². The molecule has 0 saturated heterocycles. The first-order valence-electron chi connectivity index (χ1n) is 6.97. The lowest BCUT2D eigenvalue weighted by Gasteiger charge is -1.96. The van der Waals surface area contributed by atoms with E-state index in [0.29, 0.717) is 0 Å². The van der Waals surface area contributed by atoms with E-state index in [2.05, 4.69) is 30.6 Å². The second-order valence-electron chi connectivity index (χ2n) is 4.44. The van der Waals surface area contributed by atoms with Gasteiger partial charge in [-0.15, -0.1) is 0 Å². The van der Waals surface area contributed by atoms with Gasteiger partial charge in [-0.25, -0.2) is 0 Å². The zero-order valence-electron chi connectivity index (χ0n) is 11.3. The van der Waals surface area contributed by atoms with Gasteiger partial charge in [0.05, 0.1) is 0 Å². The predicted molar refractivity (Wildman–Crippen MR) is 79.1 cm³/mol. The molecule has 1 rings (SSSR count). The first kappa shape index (κ1) is 14.4. The molecule has 0 unspecified atom stereocenters. The number of hydrogen-bond acceptors (Lipinski definition) is 0. The minimum Gasteiger partial charge on any atom is -0.0891 e. The van der Waals surface area contributed by atoms with Gasteiger partial charge in [-0.1, -0.05) is 69.1 Å². The van der Waals surface area contributed by atoms with Gasteiger partial charge in [0.2, 0.25) is 0 Å². The average molecular weight is 238 g/mol. The normalized spacial score (nSPS) is 8.94. The summed E-state index contributed by atoms with van der Waals surface area (Å²) in [7, 11) is 0. The summed E-state index contributed by atoms with van der Waals surface area (Å²) in [5.74, 6) is 12.0. The summed E-state index contributed by atoms with van der Waals surface area (Å²) >= 11 is 0. The first-order chi connectivity index (χ1) is 8.93. The van der Waals surface area contributed by atoms with Crippen LogP contribution in [0, 0.1) is 23.7 Å². The summed E-state index contributed by atoms with van der Waals surface area (Å²) in [4.78, 5) is 0. The van der Waals surface area contributed by atoms with E-state index in [4.69, 9.17) is 0 Å². The monoisotopic (exact) mass is 238 g/mol. The molecular weight excluding hydrogens is 216 g/mol. The van der Waals surface area contributed by atoms with E-state index >= 15 is 0 Å². The Labute approximate surface area is 112 Å². The van der Waals surface area contributed by atoms with Gasteiger partial charge in [0, 0.05) is 12.0 Å². The molecule has 0 heterocycles. The van der Waals surface area contributed by atoms with E-state index in [9.17, 15) is 0 Å². The van der Waals surface area contributed by atoms with Crippen molar-refractivity contribution in [3.05, 3.63) is 35.9 Å². The highest BCUT2D eigenvalue weighted by atomic mass is 13.9. The lowest BCUT2D eigenvalue weighted by Crippen LogP contribution is -1.77. The summed E-state index contributed by atoms with van der Waals surface area (Å²) in [5.41, 5.74) is 1.03. The molecule has 0 heteroatoms. The maximum absolute atomic E-state index is 3.12. The zero-order valence-corrected chi connectivity index (χ0v) is 11.3. The minimum atomic E-state index is 0.982. The SMILES string of the molecule is CCCCCCCCC#CC#Cc1ccccc1. The molecule has 0 bridgehead atoms. The van der Waals surface area contributed by atoms with Crippen LogP contribution in [0.1, 0.15) is 57.4 Å². The van der Waals surface area contributed by atoms with E-state index in [1.54, 1.807) is 0 Å². The third-order valence-electron chi connectivity index (χ3n) is 2.79. The van der Waals surface area contributed by atoms with Gasteiger partial charge in [-0.2, -0.15) is 0 Å². The molecule has 0 N–H and O–H groups in total. The summed E-state index contributed by atoms with van der Waals surface area (Å²) in [6, 6.07) is 9.99. The zero-order chi connectivity index (χ0) is 12.9. The molecule has 1 aromatic carbocycles. The predicted octanol–water partition coefficient (Wildman–Crippen LogP) is 4.79. The van der Waals surface area contributed by atoms with E-state index in [1.165, 1.54) is 38.5 Å². The maximum Gasteiger partial charge on any atom is 0.0255 e. The Morgan fingerprint density at radius 1 is 0.833 bits per heavy atom. The molecule has 94 valence electrons. The van der Waals surface area contributed by atoms with E-state index in [-0.39, 0.29) is 0 Å². The molecule has 0 atom stereocenters. The molecule has 0 aliphatic heterocycles. The second kappa shape index (κ2) is 10.5. The standard InChI is InChI=1S/C18H22/c1-2-3-4-5-6-7-8-9-10-12-15-18-16-13-11-14-17-18/h11,13-14,16-17H,2-8H2,1H3. The largest absolute Gasteiger partial charge is 0.0891 e. The number of rotatable bonds is 6. The average Bonchev–Trinajstić information content (AvgIpc) is 2.42. The topological polar surface area (TPSA) is 0 Å². The van der Waals surface area contributed by atoms with Crippen LogP contribution in [0.15, 0.2) is 30.3 Å². The molecule has 1 aromatic rings. The molecular formula is C18H22. The summed E-state index contributed by atoms with van der Waals surface area (Å²) in [6.07, 6.45) is 8.91. The van der Waals surface area contributed by atoms with Gasteiger partial charge in [0.15, 0.2) is 0 Å². The summed E-state index contributed by atoms with van der Waals surface area (Å²) in [5, 5.41) is 0. The van der Waals surface area contributed by atoms with Crippen LogP contribution in [0.3, 0.4) is 0 Å². The Morgan fingerprint density at radius 2 is 1.56 bits per heavy atom. The van der Waals surface area contributed by atoms with Gasteiger partial charge >= 0.3 is 0 Å². The molecule has 18 heavy (non-hydrogen) atoms. The van der Waals surface area contributed by atoms with Crippen molar-refractivity contribution in [1.29, 1.82) is 0 Å². The molecule has 0 aliphatic rings. The highest BCUT2D eigenvalue weighted by molar-refractivity contribution is 5.39. The van der Waals surface area contributed by atoms with Crippen LogP contribution in [0.25, 0.3) is 0 Å². The Bertz CT molecular complexity index is 420. The molecule has 0 aliphatic carbocycles. The molecule has 0 amide bonds. The van der Waals surface area contributed by atoms with Crippen molar-refractivity contribution in [3.63, 3.8) is 0 Å².